The minimum atomic E-state index is -3.36. The highest BCUT2D eigenvalue weighted by Crippen LogP contribution is 2.28. The van der Waals surface area contributed by atoms with Crippen LogP contribution >= 0.6 is 0 Å². The lowest BCUT2D eigenvalue weighted by Gasteiger charge is -2.25. The number of methoxy groups -OCH3 is 2. The van der Waals surface area contributed by atoms with Crippen LogP contribution in [-0.4, -0.2) is 159 Å². The van der Waals surface area contributed by atoms with Crippen molar-refractivity contribution in [1.82, 2.24) is 0 Å². The van der Waals surface area contributed by atoms with Crippen LogP contribution in [0.2, 0.25) is 0 Å². The lowest BCUT2D eigenvalue weighted by Crippen LogP contribution is -2.32. The van der Waals surface area contributed by atoms with Crippen LogP contribution in [0.5, 0.6) is 0 Å². The summed E-state index contributed by atoms with van der Waals surface area (Å²) in [5.41, 5.74) is 0. The molecule has 4 saturated heterocycles. The number of aliphatic hydroxyl groups is 3. The molecule has 0 amide bonds. The van der Waals surface area contributed by atoms with Crippen molar-refractivity contribution in [2.45, 2.75) is 123 Å². The summed E-state index contributed by atoms with van der Waals surface area (Å²) in [5, 5.41) is 23.9. The predicted molar refractivity (Wildman–Crippen MR) is 206 cm³/mol. The van der Waals surface area contributed by atoms with Crippen LogP contribution in [0.15, 0.2) is 0 Å². The largest absolute Gasteiger partial charge is 0.469 e. The van der Waals surface area contributed by atoms with Crippen molar-refractivity contribution in [2.75, 3.05) is 99.8 Å². The van der Waals surface area contributed by atoms with E-state index in [1.165, 1.54) is 27.1 Å². The second-order valence-electron chi connectivity index (χ2n) is 11.8. The van der Waals surface area contributed by atoms with Gasteiger partial charge >= 0.3 is 11.9 Å². The molecule has 4 fully saturated rings. The number of hydrogen-bond acceptors (Lipinski definition) is 18. The van der Waals surface area contributed by atoms with Crippen molar-refractivity contribution in [2.24, 2.45) is 0 Å². The highest BCUT2D eigenvalue weighted by Gasteiger charge is 2.37. The van der Waals surface area contributed by atoms with E-state index in [0.29, 0.717) is 78.6 Å². The van der Waals surface area contributed by atoms with Crippen LogP contribution in [0.1, 0.15) is 107 Å². The van der Waals surface area contributed by atoms with Crippen molar-refractivity contribution < 1.29 is 86.3 Å². The van der Waals surface area contributed by atoms with E-state index in [1.807, 2.05) is 20.8 Å². The van der Waals surface area contributed by atoms with Crippen LogP contribution in [0.3, 0.4) is 0 Å². The minimum Gasteiger partial charge on any atom is -0.469 e. The molecular weight excluding hydrogens is 764 g/mol. The summed E-state index contributed by atoms with van der Waals surface area (Å²) < 4.78 is 78.2. The van der Waals surface area contributed by atoms with Gasteiger partial charge in [-0.1, -0.05) is 41.5 Å². The number of hydrogen-bond donors (Lipinski definition) is 3. The van der Waals surface area contributed by atoms with E-state index in [0.717, 1.165) is 25.9 Å². The molecule has 0 saturated carbocycles. The summed E-state index contributed by atoms with van der Waals surface area (Å²) in [4.78, 5) is 31.8. The molecule has 0 bridgehead atoms. The number of Topliss-reactive ketones (excluding diaryl/α,β-unsaturated/α-hetero) is 1. The topological polar surface area (TPSA) is 238 Å². The molecule has 0 atom stereocenters. The van der Waals surface area contributed by atoms with Gasteiger partial charge in [-0.15, -0.1) is 0 Å². The molecule has 0 radical (unpaired) electrons. The normalized spacial score (nSPS) is 18.4. The maximum absolute atomic E-state index is 10.9. The molecule has 3 N–H and O–H groups in total. The first-order valence-electron chi connectivity index (χ1n) is 19.8. The van der Waals surface area contributed by atoms with Gasteiger partial charge in [0.2, 0.25) is 0 Å². The highest BCUT2D eigenvalue weighted by atomic mass is 32.2. The number of carbonyl (C=O) groups excluding carboxylic acids is 3. The third kappa shape index (κ3) is 30.2. The molecule has 0 aromatic rings. The molecule has 0 aliphatic carbocycles. The van der Waals surface area contributed by atoms with E-state index in [9.17, 15) is 22.8 Å². The van der Waals surface area contributed by atoms with Gasteiger partial charge in [0.05, 0.1) is 86.4 Å². The van der Waals surface area contributed by atoms with Crippen LogP contribution in [-0.2, 0) is 71.3 Å². The molecule has 56 heavy (non-hydrogen) atoms. The van der Waals surface area contributed by atoms with Crippen LogP contribution in [0.4, 0.5) is 0 Å². The van der Waals surface area contributed by atoms with Gasteiger partial charge in [-0.05, 0) is 32.1 Å². The molecule has 336 valence electrons. The van der Waals surface area contributed by atoms with Crippen LogP contribution in [0, 0.1) is 0 Å². The summed E-state index contributed by atoms with van der Waals surface area (Å²) in [6, 6.07) is 0. The number of rotatable bonds is 15. The molecule has 0 aromatic carbocycles. The quantitative estimate of drug-likeness (QED) is 0.122. The number of ether oxygens (including phenoxy) is 9. The fourth-order valence-electron chi connectivity index (χ4n) is 4.65. The molecule has 18 nitrogen and oxygen atoms in total. The molecule has 4 aliphatic rings. The Balaban J connectivity index is -0.000000627. The van der Waals surface area contributed by atoms with Crippen molar-refractivity contribution in [3.8, 4) is 0 Å². The fraction of sp³-hybridized carbons (Fsp3) is 0.919. The van der Waals surface area contributed by atoms with Crippen LogP contribution < -0.4 is 0 Å². The van der Waals surface area contributed by atoms with E-state index in [2.05, 4.69) is 13.7 Å². The lowest BCUT2D eigenvalue weighted by molar-refractivity contribution is -0.182. The zero-order valence-electron chi connectivity index (χ0n) is 36.1. The van der Waals surface area contributed by atoms with E-state index in [-0.39, 0.29) is 51.0 Å². The molecular formula is C37H74O18S. The predicted octanol–water partition coefficient (Wildman–Crippen LogP) is 3.05. The first kappa shape index (κ1) is 56.2. The Hall–Kier alpha value is -1.88. The zero-order chi connectivity index (χ0) is 44.1. The third-order valence-electron chi connectivity index (χ3n) is 7.86. The Labute approximate surface area is 336 Å². The lowest BCUT2D eigenvalue weighted by atomic mass is 10.1. The average Bonchev–Trinajstić information content (AvgIpc) is 4.06. The summed E-state index contributed by atoms with van der Waals surface area (Å²) in [7, 11) is -0.731. The summed E-state index contributed by atoms with van der Waals surface area (Å²) >= 11 is 0. The van der Waals surface area contributed by atoms with Gasteiger partial charge in [0.15, 0.2) is 17.4 Å². The summed E-state index contributed by atoms with van der Waals surface area (Å²) in [5.74, 6) is -2.64. The second kappa shape index (κ2) is 36.2. The number of ketones is 1. The van der Waals surface area contributed by atoms with Gasteiger partial charge in [0.25, 0.3) is 10.1 Å². The SMILES string of the molecule is C1CCOC1.CCC(=O)CC(=O)OC.CCC1(CC(=O)OC)OCCO1.CCC1(CCO)OCCO1.CCC1(CCOS(C)(=O)=O)OCCO1.OCCO.[2H]CC. The highest BCUT2D eigenvalue weighted by molar-refractivity contribution is 7.85. The molecule has 4 rings (SSSR count). The van der Waals surface area contributed by atoms with Gasteiger partial charge in [-0.25, -0.2) is 0 Å². The van der Waals surface area contributed by atoms with Gasteiger partial charge < -0.3 is 58.0 Å². The maximum Gasteiger partial charge on any atom is 0.313 e. The average molecular weight is 840 g/mol. The summed E-state index contributed by atoms with van der Waals surface area (Å²) in [6.45, 7) is 15.4. The van der Waals surface area contributed by atoms with E-state index < -0.39 is 33.4 Å². The van der Waals surface area contributed by atoms with Crippen molar-refractivity contribution in [3.63, 3.8) is 0 Å². The Morgan fingerprint density at radius 2 is 1.05 bits per heavy atom. The van der Waals surface area contributed by atoms with Gasteiger partial charge in [-0.3, -0.25) is 18.6 Å². The van der Waals surface area contributed by atoms with E-state index in [4.69, 9.17) is 49.8 Å². The molecule has 0 spiro atoms. The minimum absolute atomic E-state index is 0.0816. The van der Waals surface area contributed by atoms with Gasteiger partial charge in [-0.2, -0.15) is 8.42 Å². The van der Waals surface area contributed by atoms with E-state index >= 15 is 0 Å². The Morgan fingerprint density at radius 1 is 0.661 bits per heavy atom. The summed E-state index contributed by atoms with van der Waals surface area (Å²) in [6.07, 6.45) is 7.28. The molecule has 4 heterocycles. The Bertz CT molecular complexity index is 1050. The smallest absolute Gasteiger partial charge is 0.313 e. The third-order valence-corrected chi connectivity index (χ3v) is 8.46. The molecule has 0 aromatic heterocycles. The molecule has 0 unspecified atom stereocenters. The first-order valence-corrected chi connectivity index (χ1v) is 20.9. The van der Waals surface area contributed by atoms with Crippen LogP contribution in [0.25, 0.3) is 0 Å². The van der Waals surface area contributed by atoms with E-state index in [1.54, 1.807) is 13.8 Å². The second-order valence-corrected chi connectivity index (χ2v) is 13.4. The van der Waals surface area contributed by atoms with Crippen molar-refractivity contribution >= 4 is 27.8 Å². The number of aliphatic hydroxyl groups excluding tert-OH is 3. The Kier molecular flexibility index (Phi) is 36.4. The maximum atomic E-state index is 10.9. The Morgan fingerprint density at radius 3 is 1.34 bits per heavy atom. The number of esters is 2. The number of carbonyl (C=O) groups is 3. The van der Waals surface area contributed by atoms with Crippen molar-refractivity contribution in [1.29, 1.82) is 0 Å². The standard InChI is InChI=1S/C8H16O5S.C8H14O4.C7H14O3.C6H10O3.C4H8O.C2H6O2.C2H6/c1-3-8(11-6-7-12-8)4-5-13-14(2,9)10;1-3-8(6-7(9)10-2)11-4-5-12-8;1-2-7(3-4-8)9-5-6-10-7;1-3-5(7)4-6(8)9-2;1-2-4-5-3-1;3-1-2-4;1-2/h3-7H2,1-2H3;3-6H2,1-2H3;8H,2-6H2,1H3;3-4H2,1-2H3;1-4H2;3-4H,1-2H2;1-2H3/i;;;;;;1D. The molecule has 4 aliphatic heterocycles. The molecule has 19 heteroatoms. The fourth-order valence-corrected chi connectivity index (χ4v) is 5.04. The van der Waals surface area contributed by atoms with Gasteiger partial charge in [0.1, 0.15) is 12.2 Å². The first-order chi connectivity index (χ1) is 27.1. The van der Waals surface area contributed by atoms with Crippen molar-refractivity contribution in [3.05, 3.63) is 0 Å². The monoisotopic (exact) mass is 839 g/mol. The van der Waals surface area contributed by atoms with Gasteiger partial charge in [0, 0.05) is 40.5 Å². The zero-order valence-corrected chi connectivity index (χ0v) is 36.0.